The lowest BCUT2D eigenvalue weighted by Gasteiger charge is -2.02. The van der Waals surface area contributed by atoms with Gasteiger partial charge in [-0.05, 0) is 37.6 Å². The molecule has 23 heavy (non-hydrogen) atoms. The maximum absolute atomic E-state index is 12.1. The van der Waals surface area contributed by atoms with E-state index in [0.717, 1.165) is 16.4 Å². The zero-order chi connectivity index (χ0) is 16.2. The van der Waals surface area contributed by atoms with Gasteiger partial charge in [0.1, 0.15) is 17.3 Å². The maximum Gasteiger partial charge on any atom is 0.340 e. The van der Waals surface area contributed by atoms with Crippen molar-refractivity contribution in [3.63, 3.8) is 0 Å². The van der Waals surface area contributed by atoms with Crippen LogP contribution in [-0.2, 0) is 6.42 Å². The molecule has 0 spiro atoms. The summed E-state index contributed by atoms with van der Waals surface area (Å²) in [5.41, 5.74) is -0.316. The van der Waals surface area contributed by atoms with Crippen LogP contribution in [0.5, 0.6) is 0 Å². The van der Waals surface area contributed by atoms with Crippen LogP contribution in [0.15, 0.2) is 33.5 Å². The van der Waals surface area contributed by atoms with Crippen molar-refractivity contribution >= 4 is 17.2 Å². The quantitative estimate of drug-likeness (QED) is 0.601. The third-order valence-electron chi connectivity index (χ3n) is 3.24. The molecule has 8 heteroatoms. The molecule has 0 saturated carbocycles. The highest BCUT2D eigenvalue weighted by molar-refractivity contribution is 7.17. The summed E-state index contributed by atoms with van der Waals surface area (Å²) in [7, 11) is 0. The van der Waals surface area contributed by atoms with Gasteiger partial charge < -0.3 is 9.73 Å². The summed E-state index contributed by atoms with van der Waals surface area (Å²) in [6.07, 6.45) is 1.29. The lowest BCUT2D eigenvalue weighted by atomic mass is 10.3. The van der Waals surface area contributed by atoms with Gasteiger partial charge in [-0.1, -0.05) is 0 Å². The van der Waals surface area contributed by atoms with Crippen LogP contribution in [0, 0.1) is 6.92 Å². The third kappa shape index (κ3) is 3.78. The Kier molecular flexibility index (Phi) is 4.42. The third-order valence-corrected chi connectivity index (χ3v) is 4.34. The highest BCUT2D eigenvalue weighted by Gasteiger charge is 2.11. The monoisotopic (exact) mass is 332 g/mol. The minimum absolute atomic E-state index is 0.111. The number of carbonyl (C=O) groups excluding carboxylic acids is 1. The van der Waals surface area contributed by atoms with Gasteiger partial charge in [0, 0.05) is 13.0 Å². The molecule has 0 aromatic carbocycles. The van der Waals surface area contributed by atoms with Crippen molar-refractivity contribution in [3.05, 3.63) is 51.2 Å². The molecule has 0 unspecified atom stereocenters. The van der Waals surface area contributed by atoms with Crippen LogP contribution < -0.4 is 11.0 Å². The normalized spacial score (nSPS) is 10.8. The van der Waals surface area contributed by atoms with Crippen molar-refractivity contribution in [3.8, 4) is 10.6 Å². The van der Waals surface area contributed by atoms with Crippen LogP contribution in [0.1, 0.15) is 27.7 Å². The molecule has 0 aliphatic rings. The summed E-state index contributed by atoms with van der Waals surface area (Å²) in [5, 5.41) is 8.98. The number of furan rings is 1. The topological polar surface area (TPSA) is 104 Å². The van der Waals surface area contributed by atoms with E-state index in [1.54, 1.807) is 6.07 Å². The van der Waals surface area contributed by atoms with Gasteiger partial charge in [-0.3, -0.25) is 9.78 Å². The van der Waals surface area contributed by atoms with Gasteiger partial charge >= 0.3 is 5.69 Å². The molecule has 3 rings (SSSR count). The minimum atomic E-state index is -0.316. The largest absolute Gasteiger partial charge is 0.461 e. The van der Waals surface area contributed by atoms with Gasteiger partial charge in [0.15, 0.2) is 0 Å². The standard InChI is InChI=1S/C15H16N4O3S/c1-9-4-5-10(22-9)11-6-7-12(23-11)14(20)16-8-2-3-13-17-15(21)19-18-13/h4-7H,2-3,8H2,1H3,(H,16,20)(H2,17,18,19,21). The first-order valence-electron chi connectivity index (χ1n) is 7.20. The Bertz CT molecular complexity index is 858. The fourth-order valence-electron chi connectivity index (χ4n) is 2.13. The molecular formula is C15H16N4O3S. The van der Waals surface area contributed by atoms with E-state index in [1.165, 1.54) is 11.3 Å². The number of aromatic nitrogens is 3. The van der Waals surface area contributed by atoms with E-state index in [9.17, 15) is 9.59 Å². The van der Waals surface area contributed by atoms with Gasteiger partial charge in [-0.15, -0.1) is 11.3 Å². The Hall–Kier alpha value is -2.61. The number of aromatic amines is 2. The summed E-state index contributed by atoms with van der Waals surface area (Å²) < 4.78 is 5.55. The Morgan fingerprint density at radius 3 is 2.91 bits per heavy atom. The van der Waals surface area contributed by atoms with Crippen molar-refractivity contribution in [2.45, 2.75) is 19.8 Å². The number of amides is 1. The number of carbonyl (C=O) groups is 1. The number of aryl methyl sites for hydroxylation is 2. The predicted octanol–water partition coefficient (Wildman–Crippen LogP) is 2.09. The molecule has 0 aliphatic carbocycles. The molecule has 0 aliphatic heterocycles. The molecule has 0 radical (unpaired) electrons. The van der Waals surface area contributed by atoms with Gasteiger partial charge in [0.2, 0.25) is 0 Å². The maximum atomic E-state index is 12.1. The van der Waals surface area contributed by atoms with Crippen molar-refractivity contribution in [1.29, 1.82) is 0 Å². The van der Waals surface area contributed by atoms with Gasteiger partial charge in [0.05, 0.1) is 9.75 Å². The number of thiophene rings is 1. The average Bonchev–Trinajstić information content (AvgIpc) is 3.24. The highest BCUT2D eigenvalue weighted by Crippen LogP contribution is 2.29. The SMILES string of the molecule is Cc1ccc(-c2ccc(C(=O)NCCCc3n[nH]c(=O)[nH]3)s2)o1. The lowest BCUT2D eigenvalue weighted by molar-refractivity contribution is 0.0957. The molecule has 3 aromatic heterocycles. The van der Waals surface area contributed by atoms with Crippen molar-refractivity contribution in [1.82, 2.24) is 20.5 Å². The second kappa shape index (κ2) is 6.66. The van der Waals surface area contributed by atoms with Crippen molar-refractivity contribution in [2.24, 2.45) is 0 Å². The minimum Gasteiger partial charge on any atom is -0.461 e. The number of hydrogen-bond donors (Lipinski definition) is 3. The molecule has 1 amide bonds. The summed E-state index contributed by atoms with van der Waals surface area (Å²) in [6, 6.07) is 7.46. The van der Waals surface area contributed by atoms with E-state index >= 15 is 0 Å². The summed E-state index contributed by atoms with van der Waals surface area (Å²) in [6.45, 7) is 2.40. The van der Waals surface area contributed by atoms with Gasteiger partial charge in [-0.25, -0.2) is 9.89 Å². The van der Waals surface area contributed by atoms with E-state index in [1.807, 2.05) is 25.1 Å². The first-order chi connectivity index (χ1) is 11.1. The Morgan fingerprint density at radius 2 is 2.22 bits per heavy atom. The molecule has 120 valence electrons. The highest BCUT2D eigenvalue weighted by atomic mass is 32.1. The lowest BCUT2D eigenvalue weighted by Crippen LogP contribution is -2.23. The Labute approximate surface area is 135 Å². The molecule has 0 fully saturated rings. The predicted molar refractivity (Wildman–Crippen MR) is 86.6 cm³/mol. The van der Waals surface area contributed by atoms with Crippen LogP contribution in [0.3, 0.4) is 0 Å². The number of hydrogen-bond acceptors (Lipinski definition) is 5. The summed E-state index contributed by atoms with van der Waals surface area (Å²) >= 11 is 1.39. The van der Waals surface area contributed by atoms with Crippen LogP contribution in [0.4, 0.5) is 0 Å². The molecule has 0 bridgehead atoms. The van der Waals surface area contributed by atoms with Gasteiger partial charge in [-0.2, -0.15) is 5.10 Å². The van der Waals surface area contributed by atoms with Crippen molar-refractivity contribution in [2.75, 3.05) is 6.54 Å². The zero-order valence-corrected chi connectivity index (χ0v) is 13.3. The molecule has 7 nitrogen and oxygen atoms in total. The smallest absolute Gasteiger partial charge is 0.340 e. The zero-order valence-electron chi connectivity index (χ0n) is 12.5. The second-order valence-electron chi connectivity index (χ2n) is 5.06. The molecule has 0 saturated heterocycles. The van der Waals surface area contributed by atoms with E-state index in [4.69, 9.17) is 4.42 Å². The fraction of sp³-hybridized carbons (Fsp3) is 0.267. The van der Waals surface area contributed by atoms with Crippen LogP contribution in [0.25, 0.3) is 10.6 Å². The first-order valence-corrected chi connectivity index (χ1v) is 8.02. The van der Waals surface area contributed by atoms with E-state index in [2.05, 4.69) is 20.5 Å². The first kappa shape index (κ1) is 15.3. The molecule has 0 atom stereocenters. The van der Waals surface area contributed by atoms with E-state index in [-0.39, 0.29) is 11.6 Å². The molecular weight excluding hydrogens is 316 g/mol. The molecule has 3 aromatic rings. The van der Waals surface area contributed by atoms with Crippen LogP contribution in [-0.4, -0.2) is 27.6 Å². The second-order valence-corrected chi connectivity index (χ2v) is 6.14. The Balaban J connectivity index is 1.50. The molecule has 3 heterocycles. The van der Waals surface area contributed by atoms with Crippen LogP contribution >= 0.6 is 11.3 Å². The van der Waals surface area contributed by atoms with E-state index < -0.39 is 0 Å². The summed E-state index contributed by atoms with van der Waals surface area (Å²) in [4.78, 5) is 27.1. The molecule has 3 N–H and O–H groups in total. The average molecular weight is 332 g/mol. The number of rotatable bonds is 6. The van der Waals surface area contributed by atoms with Crippen LogP contribution in [0.2, 0.25) is 0 Å². The number of nitrogens with zero attached hydrogens (tertiary/aromatic N) is 1. The fourth-order valence-corrected chi connectivity index (χ4v) is 3.01. The summed E-state index contributed by atoms with van der Waals surface area (Å²) in [5.74, 6) is 2.10. The number of H-pyrrole nitrogens is 2. The van der Waals surface area contributed by atoms with Crippen molar-refractivity contribution < 1.29 is 9.21 Å². The Morgan fingerprint density at radius 1 is 1.35 bits per heavy atom. The van der Waals surface area contributed by atoms with Gasteiger partial charge in [0.25, 0.3) is 5.91 Å². The van der Waals surface area contributed by atoms with E-state index in [0.29, 0.717) is 30.1 Å². The number of nitrogens with one attached hydrogen (secondary N) is 3.